The number of aromatic nitrogens is 4. The lowest BCUT2D eigenvalue weighted by molar-refractivity contribution is -0.384. The van der Waals surface area contributed by atoms with Crippen LogP contribution in [0, 0.1) is 10.1 Å². The monoisotopic (exact) mass is 306 g/mol. The highest BCUT2D eigenvalue weighted by molar-refractivity contribution is 7.98. The van der Waals surface area contributed by atoms with Gasteiger partial charge in [-0.2, -0.15) is 0 Å². The van der Waals surface area contributed by atoms with Gasteiger partial charge in [0.2, 0.25) is 5.16 Å². The molecule has 9 heteroatoms. The second kappa shape index (κ2) is 5.68. The number of thioether (sulfide) groups is 1. The predicted molar refractivity (Wildman–Crippen MR) is 78.3 cm³/mol. The first-order valence-corrected chi connectivity index (χ1v) is 7.53. The summed E-state index contributed by atoms with van der Waals surface area (Å²) in [6.07, 6.45) is 2.22. The van der Waals surface area contributed by atoms with Gasteiger partial charge in [-0.15, -0.1) is 5.10 Å². The maximum atomic E-state index is 10.9. The summed E-state index contributed by atoms with van der Waals surface area (Å²) in [4.78, 5) is 10.5. The first-order chi connectivity index (χ1) is 10.2. The quantitative estimate of drug-likeness (QED) is 0.496. The van der Waals surface area contributed by atoms with Gasteiger partial charge >= 0.3 is 0 Å². The zero-order valence-electron chi connectivity index (χ0n) is 11.4. The number of hydrogen-bond donors (Lipinski definition) is 1. The van der Waals surface area contributed by atoms with Crippen LogP contribution in [-0.4, -0.2) is 32.2 Å². The highest BCUT2D eigenvalue weighted by Gasteiger charge is 2.28. The van der Waals surface area contributed by atoms with Gasteiger partial charge in [0.25, 0.3) is 5.69 Å². The van der Waals surface area contributed by atoms with Crippen LogP contribution in [0.3, 0.4) is 0 Å². The molecule has 0 saturated heterocycles. The molecule has 1 aliphatic carbocycles. The Morgan fingerprint density at radius 1 is 1.52 bits per heavy atom. The third kappa shape index (κ3) is 2.97. The lowest BCUT2D eigenvalue weighted by atomic mass is 10.2. The van der Waals surface area contributed by atoms with Gasteiger partial charge in [-0.1, -0.05) is 11.8 Å². The number of benzene rings is 1. The van der Waals surface area contributed by atoms with E-state index < -0.39 is 0 Å². The summed E-state index contributed by atoms with van der Waals surface area (Å²) in [5.41, 5.74) is 1.83. The lowest BCUT2D eigenvalue weighted by Gasteiger charge is -2.08. The molecule has 0 spiro atoms. The van der Waals surface area contributed by atoms with E-state index in [2.05, 4.69) is 20.8 Å². The van der Waals surface area contributed by atoms with Gasteiger partial charge in [0.15, 0.2) is 0 Å². The first-order valence-electron chi connectivity index (χ1n) is 6.55. The summed E-state index contributed by atoms with van der Waals surface area (Å²) >= 11 is 1.49. The fourth-order valence-corrected chi connectivity index (χ4v) is 2.96. The number of non-ortho nitro benzene ring substituents is 1. The second-order valence-electron chi connectivity index (χ2n) is 4.77. The average molecular weight is 306 g/mol. The topological polar surface area (TPSA) is 98.8 Å². The van der Waals surface area contributed by atoms with Gasteiger partial charge < -0.3 is 5.32 Å². The van der Waals surface area contributed by atoms with Crippen LogP contribution in [0.5, 0.6) is 0 Å². The molecule has 1 N–H and O–H groups in total. The molecule has 1 saturated carbocycles. The summed E-state index contributed by atoms with van der Waals surface area (Å²) in [5.74, 6) is 0.574. The molecule has 0 radical (unpaired) electrons. The van der Waals surface area contributed by atoms with E-state index in [0.29, 0.717) is 11.8 Å². The van der Waals surface area contributed by atoms with Gasteiger partial charge in [-0.3, -0.25) is 10.1 Å². The lowest BCUT2D eigenvalue weighted by Crippen LogP contribution is -2.00. The Bertz CT molecular complexity index is 670. The van der Waals surface area contributed by atoms with Gasteiger partial charge in [0.1, 0.15) is 0 Å². The van der Waals surface area contributed by atoms with Gasteiger partial charge in [0, 0.05) is 30.6 Å². The molecule has 110 valence electrons. The van der Waals surface area contributed by atoms with Crippen molar-refractivity contribution in [2.75, 3.05) is 12.4 Å². The van der Waals surface area contributed by atoms with E-state index in [9.17, 15) is 10.1 Å². The molecular formula is C12H14N6O2S. The zero-order chi connectivity index (χ0) is 14.8. The molecular weight excluding hydrogens is 292 g/mol. The largest absolute Gasteiger partial charge is 0.388 e. The van der Waals surface area contributed by atoms with Crippen LogP contribution in [-0.2, 0) is 5.75 Å². The minimum atomic E-state index is -0.387. The molecule has 21 heavy (non-hydrogen) atoms. The van der Waals surface area contributed by atoms with Crippen molar-refractivity contribution in [3.05, 3.63) is 33.9 Å². The van der Waals surface area contributed by atoms with Crippen LogP contribution in [0.2, 0.25) is 0 Å². The Morgan fingerprint density at radius 3 is 3.00 bits per heavy atom. The van der Waals surface area contributed by atoms with E-state index in [1.54, 1.807) is 19.2 Å². The summed E-state index contributed by atoms with van der Waals surface area (Å²) in [6.45, 7) is 0. The predicted octanol–water partition coefficient (Wildman–Crippen LogP) is 2.25. The normalized spacial score (nSPS) is 14.1. The summed E-state index contributed by atoms with van der Waals surface area (Å²) < 4.78 is 1.83. The first kappa shape index (κ1) is 13.8. The van der Waals surface area contributed by atoms with Crippen molar-refractivity contribution in [3.8, 4) is 0 Å². The Balaban J connectivity index is 1.78. The number of nitrogens with one attached hydrogen (secondary N) is 1. The fraction of sp³-hybridized carbons (Fsp3) is 0.417. The molecule has 0 unspecified atom stereocenters. The van der Waals surface area contributed by atoms with Crippen molar-refractivity contribution in [2.24, 2.45) is 0 Å². The molecule has 2 aromatic rings. The molecule has 1 fully saturated rings. The number of nitrogens with zero attached hydrogens (tertiary/aromatic N) is 5. The summed E-state index contributed by atoms with van der Waals surface area (Å²) in [7, 11) is 1.80. The Morgan fingerprint density at radius 2 is 2.33 bits per heavy atom. The molecule has 0 bridgehead atoms. The summed E-state index contributed by atoms with van der Waals surface area (Å²) in [5, 5.41) is 26.4. The van der Waals surface area contributed by atoms with Crippen molar-refractivity contribution in [3.63, 3.8) is 0 Å². The van der Waals surface area contributed by atoms with Crippen LogP contribution in [0.1, 0.15) is 24.4 Å². The highest BCUT2D eigenvalue weighted by Crippen LogP contribution is 2.37. The molecule has 1 aromatic heterocycles. The standard InChI is InChI=1S/C12H14N6O2S/c1-13-11-5-4-10(18(19)20)6-8(11)7-21-12-14-15-16-17(12)9-2-3-9/h4-6,9,13H,2-3,7H2,1H3. The number of tetrazole rings is 1. The van der Waals surface area contributed by atoms with Crippen LogP contribution in [0.4, 0.5) is 11.4 Å². The van der Waals surface area contributed by atoms with Crippen molar-refractivity contribution < 1.29 is 4.92 Å². The van der Waals surface area contributed by atoms with Crippen molar-refractivity contribution >= 4 is 23.1 Å². The maximum absolute atomic E-state index is 10.9. The average Bonchev–Trinajstić information content (AvgIpc) is 3.23. The minimum Gasteiger partial charge on any atom is -0.388 e. The third-order valence-electron chi connectivity index (χ3n) is 3.28. The van der Waals surface area contributed by atoms with Crippen LogP contribution >= 0.6 is 11.8 Å². The molecule has 1 heterocycles. The SMILES string of the molecule is CNc1ccc([N+](=O)[O-])cc1CSc1nnnn1C1CC1. The van der Waals surface area contributed by atoms with Gasteiger partial charge in [-0.25, -0.2) is 4.68 Å². The zero-order valence-corrected chi connectivity index (χ0v) is 12.2. The number of anilines is 1. The van der Waals surface area contributed by atoms with Crippen LogP contribution < -0.4 is 5.32 Å². The Labute approximate surface area is 125 Å². The molecule has 0 amide bonds. The number of hydrogen-bond acceptors (Lipinski definition) is 7. The molecule has 1 aromatic carbocycles. The van der Waals surface area contributed by atoms with E-state index in [4.69, 9.17) is 0 Å². The summed E-state index contributed by atoms with van der Waals surface area (Å²) in [6, 6.07) is 5.22. The molecule has 8 nitrogen and oxygen atoms in total. The minimum absolute atomic E-state index is 0.0892. The van der Waals surface area contributed by atoms with Crippen LogP contribution in [0.15, 0.2) is 23.4 Å². The smallest absolute Gasteiger partial charge is 0.269 e. The van der Waals surface area contributed by atoms with Crippen molar-refractivity contribution in [1.82, 2.24) is 20.2 Å². The maximum Gasteiger partial charge on any atom is 0.269 e. The number of nitro groups is 1. The number of nitro benzene ring substituents is 1. The van der Waals surface area contributed by atoms with Gasteiger partial charge in [0.05, 0.1) is 11.0 Å². The Kier molecular flexibility index (Phi) is 3.74. The van der Waals surface area contributed by atoms with E-state index in [-0.39, 0.29) is 10.6 Å². The van der Waals surface area contributed by atoms with Crippen molar-refractivity contribution in [1.29, 1.82) is 0 Å². The van der Waals surface area contributed by atoms with E-state index in [0.717, 1.165) is 29.2 Å². The third-order valence-corrected chi connectivity index (χ3v) is 4.26. The molecule has 1 aliphatic rings. The highest BCUT2D eigenvalue weighted by atomic mass is 32.2. The van der Waals surface area contributed by atoms with Gasteiger partial charge in [-0.05, 0) is 34.9 Å². The van der Waals surface area contributed by atoms with Crippen molar-refractivity contribution in [2.45, 2.75) is 29.8 Å². The second-order valence-corrected chi connectivity index (χ2v) is 5.72. The molecule has 0 atom stereocenters. The molecule has 0 aliphatic heterocycles. The molecule has 3 rings (SSSR count). The Hall–Kier alpha value is -2.16. The fourth-order valence-electron chi connectivity index (χ4n) is 2.03. The number of rotatable bonds is 6. The van der Waals surface area contributed by atoms with Crippen LogP contribution in [0.25, 0.3) is 0 Å². The van der Waals surface area contributed by atoms with E-state index >= 15 is 0 Å². The van der Waals surface area contributed by atoms with E-state index in [1.165, 1.54) is 17.8 Å². The van der Waals surface area contributed by atoms with E-state index in [1.807, 2.05) is 4.68 Å².